The molecule has 0 unspecified atom stereocenters. The van der Waals surface area contributed by atoms with Crippen LogP contribution >= 0.6 is 15.9 Å². The summed E-state index contributed by atoms with van der Waals surface area (Å²) >= 11 is 3.31. The van der Waals surface area contributed by atoms with Gasteiger partial charge >= 0.3 is 0 Å². The first-order chi connectivity index (χ1) is 7.21. The molecule has 0 N–H and O–H groups in total. The van der Waals surface area contributed by atoms with Gasteiger partial charge in [0.1, 0.15) is 4.90 Å². The van der Waals surface area contributed by atoms with E-state index in [0.717, 1.165) is 0 Å². The highest BCUT2D eigenvalue weighted by molar-refractivity contribution is 9.09. The molecule has 0 spiro atoms. The minimum absolute atomic E-state index is 0.214. The van der Waals surface area contributed by atoms with Gasteiger partial charge in [0.15, 0.2) is 0 Å². The maximum absolute atomic E-state index is 12.2. The average molecular weight is 310 g/mol. The van der Waals surface area contributed by atoms with Crippen LogP contribution in [0.5, 0.6) is 0 Å². The lowest BCUT2D eigenvalue weighted by Gasteiger charge is -2.32. The van der Waals surface area contributed by atoms with Crippen molar-refractivity contribution in [2.24, 2.45) is 7.05 Å². The average Bonchev–Trinajstić information content (AvgIpc) is 2.64. The Hall–Kier alpha value is -0.400. The highest BCUT2D eigenvalue weighted by Crippen LogP contribution is 2.23. The second-order valence-electron chi connectivity index (χ2n) is 4.27. The standard InChI is InChI=1S/C9H16BrN3O2S/c1-9(2,7-10)13(4)16(14,15)8-5-11-12(3)6-8/h5-6H,7H2,1-4H3. The largest absolute Gasteiger partial charge is 0.274 e. The summed E-state index contributed by atoms with van der Waals surface area (Å²) in [5, 5.41) is 4.44. The Morgan fingerprint density at radius 1 is 1.56 bits per heavy atom. The van der Waals surface area contributed by atoms with Gasteiger partial charge < -0.3 is 0 Å². The van der Waals surface area contributed by atoms with E-state index in [4.69, 9.17) is 0 Å². The maximum Gasteiger partial charge on any atom is 0.246 e. The number of nitrogens with zero attached hydrogens (tertiary/aromatic N) is 3. The van der Waals surface area contributed by atoms with Crippen molar-refractivity contribution in [1.82, 2.24) is 14.1 Å². The van der Waals surface area contributed by atoms with Crippen LogP contribution in [0.15, 0.2) is 17.3 Å². The van der Waals surface area contributed by atoms with Crippen molar-refractivity contribution in [3.05, 3.63) is 12.4 Å². The van der Waals surface area contributed by atoms with Crippen molar-refractivity contribution >= 4 is 26.0 Å². The van der Waals surface area contributed by atoms with Crippen LogP contribution in [0.25, 0.3) is 0 Å². The molecule has 1 aromatic rings. The van der Waals surface area contributed by atoms with Crippen molar-refractivity contribution in [3.8, 4) is 0 Å². The first kappa shape index (κ1) is 13.7. The number of aromatic nitrogens is 2. The molecular formula is C9H16BrN3O2S. The second-order valence-corrected chi connectivity index (χ2v) is 6.80. The minimum Gasteiger partial charge on any atom is -0.274 e. The Bertz CT molecular complexity index is 467. The number of sulfonamides is 1. The molecule has 0 fully saturated rings. The fourth-order valence-corrected chi connectivity index (χ4v) is 3.14. The number of rotatable bonds is 4. The lowest BCUT2D eigenvalue weighted by Crippen LogP contribution is -2.46. The minimum atomic E-state index is -3.47. The molecule has 0 aromatic carbocycles. The molecule has 1 heterocycles. The van der Waals surface area contributed by atoms with Crippen LogP contribution < -0.4 is 0 Å². The lowest BCUT2D eigenvalue weighted by atomic mass is 10.1. The molecule has 0 atom stereocenters. The summed E-state index contributed by atoms with van der Waals surface area (Å²) in [5.74, 6) is 0. The molecule has 1 aromatic heterocycles. The Morgan fingerprint density at radius 2 is 2.12 bits per heavy atom. The molecule has 0 saturated carbocycles. The molecule has 0 saturated heterocycles. The van der Waals surface area contributed by atoms with Crippen LogP contribution in [-0.4, -0.2) is 40.4 Å². The zero-order chi connectivity index (χ0) is 12.6. The predicted molar refractivity (Wildman–Crippen MR) is 66.0 cm³/mol. The summed E-state index contributed by atoms with van der Waals surface area (Å²) in [6.07, 6.45) is 2.85. The van der Waals surface area contributed by atoms with Crippen LogP contribution in [-0.2, 0) is 17.1 Å². The summed E-state index contributed by atoms with van der Waals surface area (Å²) in [4.78, 5) is 0.214. The smallest absolute Gasteiger partial charge is 0.246 e. The van der Waals surface area contributed by atoms with E-state index in [1.807, 2.05) is 13.8 Å². The Labute approximate surface area is 105 Å². The van der Waals surface area contributed by atoms with Crippen LogP contribution in [0.3, 0.4) is 0 Å². The van der Waals surface area contributed by atoms with E-state index in [1.165, 1.54) is 21.4 Å². The molecule has 1 rings (SSSR count). The first-order valence-corrected chi connectivity index (χ1v) is 7.31. The molecule has 0 aliphatic carbocycles. The van der Waals surface area contributed by atoms with Crippen LogP contribution in [0, 0.1) is 0 Å². The SMILES string of the molecule is CN(C(C)(C)CBr)S(=O)(=O)c1cnn(C)c1. The van der Waals surface area contributed by atoms with Crippen molar-refractivity contribution in [2.75, 3.05) is 12.4 Å². The van der Waals surface area contributed by atoms with Gasteiger partial charge in [-0.1, -0.05) is 15.9 Å². The van der Waals surface area contributed by atoms with E-state index < -0.39 is 15.6 Å². The fourth-order valence-electron chi connectivity index (χ4n) is 1.10. The number of alkyl halides is 1. The zero-order valence-corrected chi connectivity index (χ0v) is 12.2. The van der Waals surface area contributed by atoms with Crippen LogP contribution in [0.1, 0.15) is 13.8 Å². The monoisotopic (exact) mass is 309 g/mol. The van der Waals surface area contributed by atoms with Gasteiger partial charge in [0.25, 0.3) is 0 Å². The maximum atomic E-state index is 12.2. The molecule has 0 radical (unpaired) electrons. The second kappa shape index (κ2) is 4.46. The first-order valence-electron chi connectivity index (χ1n) is 4.75. The molecule has 0 amide bonds. The third-order valence-electron chi connectivity index (χ3n) is 2.52. The van der Waals surface area contributed by atoms with Crippen molar-refractivity contribution in [2.45, 2.75) is 24.3 Å². The molecule has 0 aliphatic rings. The fraction of sp³-hybridized carbons (Fsp3) is 0.667. The predicted octanol–water partition coefficient (Wildman–Crippen LogP) is 1.21. The van der Waals surface area contributed by atoms with E-state index in [0.29, 0.717) is 5.33 Å². The number of aryl methyl sites for hydroxylation is 1. The van der Waals surface area contributed by atoms with Crippen molar-refractivity contribution < 1.29 is 8.42 Å². The third-order valence-corrected chi connectivity index (χ3v) is 5.91. The Morgan fingerprint density at radius 3 is 2.50 bits per heavy atom. The molecule has 92 valence electrons. The number of hydrogen-bond acceptors (Lipinski definition) is 3. The summed E-state index contributed by atoms with van der Waals surface area (Å²) in [6.45, 7) is 3.71. The van der Waals surface area contributed by atoms with Crippen molar-refractivity contribution in [1.29, 1.82) is 0 Å². The summed E-state index contributed by atoms with van der Waals surface area (Å²) in [5.41, 5.74) is -0.478. The van der Waals surface area contributed by atoms with Gasteiger partial charge in [-0.2, -0.15) is 9.40 Å². The Kier molecular flexibility index (Phi) is 3.81. The highest BCUT2D eigenvalue weighted by atomic mass is 79.9. The molecule has 5 nitrogen and oxygen atoms in total. The van der Waals surface area contributed by atoms with Gasteiger partial charge in [0.05, 0.1) is 6.20 Å². The molecule has 7 heteroatoms. The quantitative estimate of drug-likeness (QED) is 0.786. The van der Waals surface area contributed by atoms with Gasteiger partial charge in [-0.05, 0) is 13.8 Å². The lowest BCUT2D eigenvalue weighted by molar-refractivity contribution is 0.299. The molecular weight excluding hydrogens is 294 g/mol. The molecule has 16 heavy (non-hydrogen) atoms. The van der Waals surface area contributed by atoms with E-state index >= 15 is 0 Å². The topological polar surface area (TPSA) is 55.2 Å². The summed E-state index contributed by atoms with van der Waals surface area (Å²) in [7, 11) is -0.206. The van der Waals surface area contributed by atoms with E-state index in [-0.39, 0.29) is 4.90 Å². The Balaban J connectivity index is 3.13. The van der Waals surface area contributed by atoms with Crippen LogP contribution in [0.4, 0.5) is 0 Å². The highest BCUT2D eigenvalue weighted by Gasteiger charge is 2.33. The number of halogens is 1. The zero-order valence-electron chi connectivity index (χ0n) is 9.81. The van der Waals surface area contributed by atoms with E-state index in [1.54, 1.807) is 14.1 Å². The normalized spacial score (nSPS) is 13.4. The van der Waals surface area contributed by atoms with Crippen LogP contribution in [0.2, 0.25) is 0 Å². The van der Waals surface area contributed by atoms with Gasteiger partial charge in [-0.15, -0.1) is 0 Å². The summed E-state index contributed by atoms with van der Waals surface area (Å²) < 4.78 is 27.2. The van der Waals surface area contributed by atoms with E-state index in [2.05, 4.69) is 21.0 Å². The van der Waals surface area contributed by atoms with Gasteiger partial charge in [-0.25, -0.2) is 8.42 Å². The third kappa shape index (κ3) is 2.46. The van der Waals surface area contributed by atoms with E-state index in [9.17, 15) is 8.42 Å². The van der Waals surface area contributed by atoms with Gasteiger partial charge in [-0.3, -0.25) is 4.68 Å². The number of hydrogen-bond donors (Lipinski definition) is 0. The molecule has 0 bridgehead atoms. The summed E-state index contributed by atoms with van der Waals surface area (Å²) in [6, 6.07) is 0. The van der Waals surface area contributed by atoms with Gasteiger partial charge in [0.2, 0.25) is 10.0 Å². The van der Waals surface area contributed by atoms with Gasteiger partial charge in [0, 0.05) is 31.2 Å². The van der Waals surface area contributed by atoms with Crippen molar-refractivity contribution in [3.63, 3.8) is 0 Å². The molecule has 0 aliphatic heterocycles.